The van der Waals surface area contributed by atoms with E-state index in [0.29, 0.717) is 30.5 Å². The van der Waals surface area contributed by atoms with Crippen molar-refractivity contribution in [2.75, 3.05) is 28.4 Å². The van der Waals surface area contributed by atoms with Crippen LogP contribution in [0, 0.1) is 6.92 Å². The third kappa shape index (κ3) is 7.84. The molecule has 218 valence electrons. The van der Waals surface area contributed by atoms with Crippen LogP contribution in [0.3, 0.4) is 0 Å². The predicted molar refractivity (Wildman–Crippen MR) is 151 cm³/mol. The van der Waals surface area contributed by atoms with Crippen molar-refractivity contribution in [3.8, 4) is 5.88 Å². The Balaban J connectivity index is 1.62. The molecule has 0 radical (unpaired) electrons. The topological polar surface area (TPSA) is 133 Å². The summed E-state index contributed by atoms with van der Waals surface area (Å²) in [5, 5.41) is 21.8. The Morgan fingerprint density at radius 3 is 2.54 bits per heavy atom. The summed E-state index contributed by atoms with van der Waals surface area (Å²) >= 11 is 0. The third-order valence-electron chi connectivity index (χ3n) is 6.65. The number of pyridine rings is 1. The highest BCUT2D eigenvalue weighted by Gasteiger charge is 2.35. The first-order valence-electron chi connectivity index (χ1n) is 12.9. The second kappa shape index (κ2) is 12.0. The zero-order valence-corrected chi connectivity index (χ0v) is 22.9. The first-order chi connectivity index (χ1) is 19.3. The van der Waals surface area contributed by atoms with Crippen molar-refractivity contribution in [3.63, 3.8) is 0 Å². The Morgan fingerprint density at radius 2 is 1.88 bits per heavy atom. The molecule has 1 aliphatic carbocycles. The summed E-state index contributed by atoms with van der Waals surface area (Å²) in [6, 6.07) is 8.17. The number of aromatic nitrogens is 3. The van der Waals surface area contributed by atoms with E-state index in [9.17, 15) is 23.1 Å². The number of hydrogen-bond donors (Lipinski definition) is 5. The van der Waals surface area contributed by atoms with Crippen LogP contribution in [0.15, 0.2) is 49.2 Å². The first kappa shape index (κ1) is 29.6. The van der Waals surface area contributed by atoms with Gasteiger partial charge in [0.15, 0.2) is 0 Å². The number of anilines is 6. The Hall–Kier alpha value is -4.39. The van der Waals surface area contributed by atoms with Gasteiger partial charge < -0.3 is 31.1 Å². The van der Waals surface area contributed by atoms with Gasteiger partial charge in [-0.3, -0.25) is 4.79 Å². The highest BCUT2D eigenvalue weighted by atomic mass is 19.4. The molecule has 0 saturated heterocycles. The zero-order valence-electron chi connectivity index (χ0n) is 22.9. The lowest BCUT2D eigenvalue weighted by Gasteiger charge is -2.33. The number of carbonyl (C=O) groups excluding carboxylic acids is 1. The Morgan fingerprint density at radius 1 is 1.15 bits per heavy atom. The van der Waals surface area contributed by atoms with Gasteiger partial charge in [0.05, 0.1) is 24.1 Å². The van der Waals surface area contributed by atoms with Crippen molar-refractivity contribution in [1.29, 1.82) is 0 Å². The quantitative estimate of drug-likeness (QED) is 0.198. The minimum Gasteiger partial charge on any atom is -0.481 e. The number of rotatable bonds is 9. The van der Waals surface area contributed by atoms with E-state index >= 15 is 0 Å². The number of alkyl halides is 3. The lowest BCUT2D eigenvalue weighted by Crippen LogP contribution is -2.35. The Labute approximate surface area is 235 Å². The largest absolute Gasteiger partial charge is 0.481 e. The van der Waals surface area contributed by atoms with Crippen molar-refractivity contribution in [3.05, 3.63) is 60.3 Å². The number of hydrogen-bond acceptors (Lipinski definition) is 9. The molecular formula is C28H32F3N7O3. The predicted octanol–water partition coefficient (Wildman–Crippen LogP) is 5.92. The summed E-state index contributed by atoms with van der Waals surface area (Å²) in [6.07, 6.45) is -0.218. The standard InChI is InChI=1S/C28H32F3N7O3/c1-5-23(39)35-21-12-16(2)6-7-20(21)36-25-19(28(29,30)31)15-32-26(38-25)34-18-13-22(37-24(14-18)41-4)33-17-8-10-27(3,40)11-9-17/h5-7,12-15,17,40H,1,8-11H2,2-4H3,(H,35,39)(H3,32,33,34,36,37,38)/t17-,27+. The minimum atomic E-state index is -4.75. The van der Waals surface area contributed by atoms with Gasteiger partial charge in [0, 0.05) is 30.1 Å². The normalized spacial score (nSPS) is 18.8. The van der Waals surface area contributed by atoms with Crippen LogP contribution in [0.5, 0.6) is 5.88 Å². The lowest BCUT2D eigenvalue weighted by atomic mass is 9.84. The van der Waals surface area contributed by atoms with Crippen LogP contribution < -0.4 is 26.0 Å². The number of carbonyl (C=O) groups is 1. The minimum absolute atomic E-state index is 0.0890. The van der Waals surface area contributed by atoms with Crippen molar-refractivity contribution in [1.82, 2.24) is 15.0 Å². The molecule has 2 aromatic heterocycles. The van der Waals surface area contributed by atoms with Gasteiger partial charge >= 0.3 is 6.18 Å². The monoisotopic (exact) mass is 571 g/mol. The number of benzene rings is 1. The molecule has 41 heavy (non-hydrogen) atoms. The Bertz CT molecular complexity index is 1420. The molecule has 1 aromatic carbocycles. The molecule has 1 amide bonds. The van der Waals surface area contributed by atoms with Gasteiger partial charge in [0.2, 0.25) is 17.7 Å². The average Bonchev–Trinajstić information content (AvgIpc) is 2.90. The number of nitrogens with one attached hydrogen (secondary N) is 4. The molecule has 0 bridgehead atoms. The summed E-state index contributed by atoms with van der Waals surface area (Å²) in [5.41, 5.74) is -0.103. The second-order valence-electron chi connectivity index (χ2n) is 10.1. The molecule has 0 aliphatic heterocycles. The average molecular weight is 572 g/mol. The van der Waals surface area contributed by atoms with E-state index in [4.69, 9.17) is 4.74 Å². The fourth-order valence-corrected chi connectivity index (χ4v) is 4.40. The van der Waals surface area contributed by atoms with Gasteiger partial charge in [-0.15, -0.1) is 0 Å². The van der Waals surface area contributed by atoms with Gasteiger partial charge in [-0.1, -0.05) is 12.6 Å². The number of methoxy groups -OCH3 is 1. The van der Waals surface area contributed by atoms with Crippen LogP contribution in [0.25, 0.3) is 0 Å². The van der Waals surface area contributed by atoms with Crippen LogP contribution in [0.4, 0.5) is 47.8 Å². The molecule has 1 aliphatic rings. The smallest absolute Gasteiger partial charge is 0.421 e. The number of ether oxygens (including phenoxy) is 1. The van der Waals surface area contributed by atoms with Crippen LogP contribution in [-0.2, 0) is 11.0 Å². The van der Waals surface area contributed by atoms with Gasteiger partial charge in [0.25, 0.3) is 0 Å². The third-order valence-corrected chi connectivity index (χ3v) is 6.65. The van der Waals surface area contributed by atoms with E-state index in [0.717, 1.165) is 24.5 Å². The molecule has 10 nitrogen and oxygen atoms in total. The molecule has 4 rings (SSSR count). The summed E-state index contributed by atoms with van der Waals surface area (Å²) in [5.74, 6) is -0.382. The van der Waals surface area contributed by atoms with E-state index in [1.807, 2.05) is 6.92 Å². The van der Waals surface area contributed by atoms with Gasteiger partial charge in [-0.25, -0.2) is 4.98 Å². The molecule has 0 spiro atoms. The lowest BCUT2D eigenvalue weighted by molar-refractivity contribution is -0.137. The summed E-state index contributed by atoms with van der Waals surface area (Å²) in [6.45, 7) is 7.01. The van der Waals surface area contributed by atoms with Crippen LogP contribution in [0.1, 0.15) is 43.7 Å². The highest BCUT2D eigenvalue weighted by Crippen LogP contribution is 2.37. The highest BCUT2D eigenvalue weighted by molar-refractivity contribution is 6.01. The number of nitrogens with zero attached hydrogens (tertiary/aromatic N) is 3. The van der Waals surface area contributed by atoms with E-state index in [1.54, 1.807) is 37.3 Å². The fourth-order valence-electron chi connectivity index (χ4n) is 4.40. The first-order valence-corrected chi connectivity index (χ1v) is 12.9. The van der Waals surface area contributed by atoms with E-state index < -0.39 is 29.1 Å². The molecule has 5 N–H and O–H groups in total. The van der Waals surface area contributed by atoms with Crippen molar-refractivity contribution >= 4 is 40.6 Å². The van der Waals surface area contributed by atoms with Crippen LogP contribution in [0.2, 0.25) is 0 Å². The summed E-state index contributed by atoms with van der Waals surface area (Å²) in [7, 11) is 1.45. The van der Waals surface area contributed by atoms with Gasteiger partial charge in [-0.2, -0.15) is 23.1 Å². The van der Waals surface area contributed by atoms with E-state index in [2.05, 4.69) is 42.8 Å². The molecule has 1 saturated carbocycles. The van der Waals surface area contributed by atoms with Crippen LogP contribution in [-0.4, -0.2) is 44.7 Å². The summed E-state index contributed by atoms with van der Waals surface area (Å²) < 4.78 is 47.0. The molecular weight excluding hydrogens is 539 g/mol. The van der Waals surface area contributed by atoms with E-state index in [-0.39, 0.29) is 29.2 Å². The van der Waals surface area contributed by atoms with Gasteiger partial charge in [-0.05, 0) is 63.3 Å². The zero-order chi connectivity index (χ0) is 29.8. The molecule has 13 heteroatoms. The van der Waals surface area contributed by atoms with E-state index in [1.165, 1.54) is 7.11 Å². The maximum Gasteiger partial charge on any atom is 0.421 e. The van der Waals surface area contributed by atoms with Crippen molar-refractivity contribution < 1.29 is 27.8 Å². The van der Waals surface area contributed by atoms with Gasteiger partial charge in [0.1, 0.15) is 17.2 Å². The second-order valence-corrected chi connectivity index (χ2v) is 10.1. The molecule has 0 unspecified atom stereocenters. The van der Waals surface area contributed by atoms with Crippen molar-refractivity contribution in [2.24, 2.45) is 0 Å². The number of aryl methyl sites for hydroxylation is 1. The van der Waals surface area contributed by atoms with Crippen LogP contribution >= 0.6 is 0 Å². The Kier molecular flexibility index (Phi) is 8.66. The number of amides is 1. The summed E-state index contributed by atoms with van der Waals surface area (Å²) in [4.78, 5) is 24.3. The fraction of sp³-hybridized carbons (Fsp3) is 0.357. The van der Waals surface area contributed by atoms with Crippen molar-refractivity contribution in [2.45, 2.75) is 57.3 Å². The molecule has 1 fully saturated rings. The number of halogens is 3. The molecule has 0 atom stereocenters. The number of aliphatic hydroxyl groups is 1. The maximum atomic E-state index is 13.9. The maximum absolute atomic E-state index is 13.9. The molecule has 3 aromatic rings. The SMILES string of the molecule is C=CC(=O)Nc1cc(C)ccc1Nc1nc(Nc2cc(N[C@H]3CC[C@@](C)(O)CC3)nc(OC)c2)ncc1C(F)(F)F. The molecule has 2 heterocycles.